The van der Waals surface area contributed by atoms with Gasteiger partial charge in [0.15, 0.2) is 11.6 Å². The Hall–Kier alpha value is -1.65. The van der Waals surface area contributed by atoms with Gasteiger partial charge in [-0.2, -0.15) is 5.10 Å². The summed E-state index contributed by atoms with van der Waals surface area (Å²) >= 11 is 7.37. The fourth-order valence-corrected chi connectivity index (χ4v) is 2.51. The Kier molecular flexibility index (Phi) is 2.66. The Morgan fingerprint density at radius 2 is 1.88 bits per heavy atom. The molecule has 1 aromatic carbocycles. The quantitative estimate of drug-likeness (QED) is 0.761. The van der Waals surface area contributed by atoms with Crippen LogP contribution in [0.3, 0.4) is 0 Å². The van der Waals surface area contributed by atoms with Crippen LogP contribution in [0, 0.1) is 0 Å². The van der Waals surface area contributed by atoms with E-state index in [-0.39, 0.29) is 0 Å². The van der Waals surface area contributed by atoms with Crippen LogP contribution in [-0.4, -0.2) is 15.2 Å². The number of halogens is 1. The highest BCUT2D eigenvalue weighted by atomic mass is 35.5. The molecule has 3 aromatic rings. The van der Waals surface area contributed by atoms with E-state index in [9.17, 15) is 0 Å². The monoisotopic (exact) mass is 261 g/mol. The molecule has 5 heteroatoms. The molecule has 0 saturated heterocycles. The zero-order chi connectivity index (χ0) is 11.7. The summed E-state index contributed by atoms with van der Waals surface area (Å²) in [7, 11) is 0. The maximum absolute atomic E-state index is 5.89. The number of nitrogens with one attached hydrogen (secondary N) is 1. The van der Waals surface area contributed by atoms with Crippen LogP contribution in [0.25, 0.3) is 22.1 Å². The van der Waals surface area contributed by atoms with E-state index in [4.69, 9.17) is 11.6 Å². The van der Waals surface area contributed by atoms with E-state index >= 15 is 0 Å². The van der Waals surface area contributed by atoms with Gasteiger partial charge in [-0.05, 0) is 12.1 Å². The molecule has 0 fully saturated rings. The zero-order valence-electron chi connectivity index (χ0n) is 8.72. The lowest BCUT2D eigenvalue weighted by Gasteiger charge is -1.91. The number of aromatic amines is 1. The van der Waals surface area contributed by atoms with Crippen LogP contribution >= 0.6 is 22.9 Å². The Morgan fingerprint density at radius 1 is 1.06 bits per heavy atom. The highest BCUT2D eigenvalue weighted by Crippen LogP contribution is 2.29. The van der Waals surface area contributed by atoms with Gasteiger partial charge in [0.05, 0.1) is 9.21 Å². The van der Waals surface area contributed by atoms with Crippen molar-refractivity contribution in [1.29, 1.82) is 0 Å². The molecule has 1 N–H and O–H groups in total. The normalized spacial score (nSPS) is 10.6. The van der Waals surface area contributed by atoms with Crippen LogP contribution in [0.1, 0.15) is 0 Å². The summed E-state index contributed by atoms with van der Waals surface area (Å²) in [6.45, 7) is 0. The van der Waals surface area contributed by atoms with Crippen molar-refractivity contribution >= 4 is 22.9 Å². The van der Waals surface area contributed by atoms with Crippen molar-refractivity contribution in [3.05, 3.63) is 46.8 Å². The third-order valence-electron chi connectivity index (χ3n) is 2.32. The van der Waals surface area contributed by atoms with Crippen LogP contribution < -0.4 is 0 Å². The smallest absolute Gasteiger partial charge is 0.181 e. The highest BCUT2D eigenvalue weighted by Gasteiger charge is 2.08. The molecular formula is C12H8ClN3S. The van der Waals surface area contributed by atoms with Gasteiger partial charge in [-0.1, -0.05) is 41.9 Å². The van der Waals surface area contributed by atoms with Crippen molar-refractivity contribution in [2.24, 2.45) is 0 Å². The van der Waals surface area contributed by atoms with Gasteiger partial charge < -0.3 is 0 Å². The molecule has 3 nitrogen and oxygen atoms in total. The summed E-state index contributed by atoms with van der Waals surface area (Å²) in [6.07, 6.45) is 0. The lowest BCUT2D eigenvalue weighted by Crippen LogP contribution is -1.78. The minimum atomic E-state index is 0.699. The molecule has 0 atom stereocenters. The van der Waals surface area contributed by atoms with Crippen molar-refractivity contribution in [1.82, 2.24) is 15.2 Å². The summed E-state index contributed by atoms with van der Waals surface area (Å²) in [5, 5.41) is 7.12. The van der Waals surface area contributed by atoms with Gasteiger partial charge in [-0.15, -0.1) is 11.3 Å². The van der Waals surface area contributed by atoms with Gasteiger partial charge in [0.25, 0.3) is 0 Å². The zero-order valence-corrected chi connectivity index (χ0v) is 10.3. The van der Waals surface area contributed by atoms with Crippen LogP contribution in [0.15, 0.2) is 42.5 Å². The number of rotatable bonds is 2. The first-order chi connectivity index (χ1) is 8.33. The van der Waals surface area contributed by atoms with Crippen LogP contribution in [0.4, 0.5) is 0 Å². The number of hydrogen-bond donors (Lipinski definition) is 1. The summed E-state index contributed by atoms with van der Waals surface area (Å²) in [5.41, 5.74) is 0.998. The predicted octanol–water partition coefficient (Wildman–Crippen LogP) is 3.85. The first-order valence-electron chi connectivity index (χ1n) is 5.06. The largest absolute Gasteiger partial charge is 0.258 e. The molecule has 3 rings (SSSR count). The second kappa shape index (κ2) is 4.31. The Balaban J connectivity index is 1.99. The Bertz CT molecular complexity index is 630. The molecule has 0 aliphatic heterocycles. The molecule has 0 amide bonds. The molecule has 0 bridgehead atoms. The second-order valence-electron chi connectivity index (χ2n) is 3.48. The van der Waals surface area contributed by atoms with Gasteiger partial charge in [0.1, 0.15) is 0 Å². The summed E-state index contributed by atoms with van der Waals surface area (Å²) in [4.78, 5) is 5.44. The molecular weight excluding hydrogens is 254 g/mol. The lowest BCUT2D eigenvalue weighted by atomic mass is 10.2. The highest BCUT2D eigenvalue weighted by molar-refractivity contribution is 7.19. The minimum Gasteiger partial charge on any atom is -0.258 e. The molecule has 2 aromatic heterocycles. The minimum absolute atomic E-state index is 0.699. The maximum Gasteiger partial charge on any atom is 0.181 e. The summed E-state index contributed by atoms with van der Waals surface area (Å²) in [6, 6.07) is 13.6. The molecule has 84 valence electrons. The number of nitrogens with zero attached hydrogens (tertiary/aromatic N) is 2. The number of aromatic nitrogens is 3. The number of hydrogen-bond acceptors (Lipinski definition) is 3. The van der Waals surface area contributed by atoms with Gasteiger partial charge in [-0.25, -0.2) is 4.98 Å². The van der Waals surface area contributed by atoms with Crippen LogP contribution in [0.2, 0.25) is 4.34 Å². The fraction of sp³-hybridized carbons (Fsp3) is 0. The molecule has 0 radical (unpaired) electrons. The van der Waals surface area contributed by atoms with E-state index in [1.165, 1.54) is 11.3 Å². The van der Waals surface area contributed by atoms with Crippen molar-refractivity contribution in [2.45, 2.75) is 0 Å². The van der Waals surface area contributed by atoms with Gasteiger partial charge in [0.2, 0.25) is 0 Å². The van der Waals surface area contributed by atoms with Crippen molar-refractivity contribution in [3.63, 3.8) is 0 Å². The number of benzene rings is 1. The van der Waals surface area contributed by atoms with E-state index in [0.717, 1.165) is 20.6 Å². The Morgan fingerprint density at radius 3 is 2.59 bits per heavy atom. The predicted molar refractivity (Wildman–Crippen MR) is 70.1 cm³/mol. The van der Waals surface area contributed by atoms with E-state index in [1.807, 2.05) is 42.5 Å². The topological polar surface area (TPSA) is 41.6 Å². The third-order valence-corrected chi connectivity index (χ3v) is 3.56. The average molecular weight is 262 g/mol. The van der Waals surface area contributed by atoms with E-state index in [1.54, 1.807) is 0 Å². The van der Waals surface area contributed by atoms with E-state index in [2.05, 4.69) is 15.2 Å². The summed E-state index contributed by atoms with van der Waals surface area (Å²) < 4.78 is 0.748. The maximum atomic E-state index is 5.89. The first-order valence-corrected chi connectivity index (χ1v) is 6.26. The number of thiophene rings is 1. The average Bonchev–Trinajstić information content (AvgIpc) is 2.98. The third kappa shape index (κ3) is 2.09. The lowest BCUT2D eigenvalue weighted by molar-refractivity contribution is 1.10. The van der Waals surface area contributed by atoms with E-state index < -0.39 is 0 Å². The van der Waals surface area contributed by atoms with Crippen LogP contribution in [0.5, 0.6) is 0 Å². The molecule has 0 saturated carbocycles. The number of H-pyrrole nitrogens is 1. The van der Waals surface area contributed by atoms with Crippen LogP contribution in [-0.2, 0) is 0 Å². The SMILES string of the molecule is Clc1ccc(-c2nc(-c3ccccc3)n[nH]2)s1. The summed E-state index contributed by atoms with van der Waals surface area (Å²) in [5.74, 6) is 1.45. The molecule has 0 aliphatic carbocycles. The van der Waals surface area contributed by atoms with Gasteiger partial charge in [-0.3, -0.25) is 5.10 Å². The first kappa shape index (κ1) is 10.5. The molecule has 0 aliphatic rings. The van der Waals surface area contributed by atoms with Crippen molar-refractivity contribution < 1.29 is 0 Å². The second-order valence-corrected chi connectivity index (χ2v) is 5.19. The molecule has 0 unspecified atom stereocenters. The van der Waals surface area contributed by atoms with Gasteiger partial charge in [0, 0.05) is 5.56 Å². The standard InChI is InChI=1S/C12H8ClN3S/c13-10-7-6-9(17-10)12-14-11(15-16-12)8-4-2-1-3-5-8/h1-7H,(H,14,15,16). The molecule has 17 heavy (non-hydrogen) atoms. The van der Waals surface area contributed by atoms with Crippen molar-refractivity contribution in [3.8, 4) is 22.1 Å². The molecule has 2 heterocycles. The van der Waals surface area contributed by atoms with E-state index in [0.29, 0.717) is 5.82 Å². The fourth-order valence-electron chi connectivity index (χ4n) is 1.53. The van der Waals surface area contributed by atoms with Crippen molar-refractivity contribution in [2.75, 3.05) is 0 Å². The molecule has 0 spiro atoms. The Labute approximate surface area is 107 Å². The van der Waals surface area contributed by atoms with Gasteiger partial charge >= 0.3 is 0 Å².